The first-order chi connectivity index (χ1) is 15.8. The van der Waals surface area contributed by atoms with Gasteiger partial charge in [0.25, 0.3) is 0 Å². The van der Waals surface area contributed by atoms with Crippen LogP contribution in [-0.2, 0) is 23.9 Å². The van der Waals surface area contributed by atoms with Crippen LogP contribution in [0.2, 0.25) is 0 Å². The summed E-state index contributed by atoms with van der Waals surface area (Å²) in [5.41, 5.74) is 2.53. The van der Waals surface area contributed by atoms with Crippen LogP contribution in [0.1, 0.15) is 45.1 Å². The standard InChI is InChI=1S/C25H31NO7/c1-7-11-33-25(29)19-14(3)26-16-12-13(2)18(24(28)32-6)22(27)21(16)20(19)15-9-8-10-17(30-4)23(15)31-5/h8-10,13,18,20,26H,7,11-12H2,1-6H3. The summed E-state index contributed by atoms with van der Waals surface area (Å²) in [4.78, 5) is 39.5. The number of hydrogen-bond donors (Lipinski definition) is 1. The number of esters is 2. The molecule has 3 rings (SSSR count). The van der Waals surface area contributed by atoms with Crippen molar-refractivity contribution in [1.82, 2.24) is 5.32 Å². The minimum Gasteiger partial charge on any atom is -0.493 e. The fourth-order valence-electron chi connectivity index (χ4n) is 4.67. The third-order valence-corrected chi connectivity index (χ3v) is 6.14. The molecular weight excluding hydrogens is 426 g/mol. The third kappa shape index (κ3) is 4.34. The van der Waals surface area contributed by atoms with Gasteiger partial charge in [0, 0.05) is 22.5 Å². The van der Waals surface area contributed by atoms with Gasteiger partial charge >= 0.3 is 11.9 Å². The lowest BCUT2D eigenvalue weighted by atomic mass is 9.69. The van der Waals surface area contributed by atoms with Crippen molar-refractivity contribution >= 4 is 17.7 Å². The molecule has 0 amide bonds. The van der Waals surface area contributed by atoms with Crippen LogP contribution in [0.4, 0.5) is 0 Å². The molecule has 0 aromatic heterocycles. The van der Waals surface area contributed by atoms with Crippen molar-refractivity contribution in [3.05, 3.63) is 46.3 Å². The van der Waals surface area contributed by atoms with Gasteiger partial charge in [0.15, 0.2) is 17.3 Å². The molecule has 3 atom stereocenters. The second-order valence-electron chi connectivity index (χ2n) is 8.25. The average Bonchev–Trinajstić information content (AvgIpc) is 2.80. The Labute approximate surface area is 193 Å². The zero-order valence-corrected chi connectivity index (χ0v) is 19.9. The quantitative estimate of drug-likeness (QED) is 0.492. The number of para-hydroxylation sites is 1. The summed E-state index contributed by atoms with van der Waals surface area (Å²) in [5, 5.41) is 3.24. The molecule has 1 N–H and O–H groups in total. The molecule has 1 aliphatic heterocycles. The number of dihydropyridines is 1. The number of hydrogen-bond acceptors (Lipinski definition) is 8. The van der Waals surface area contributed by atoms with Crippen molar-refractivity contribution in [2.24, 2.45) is 11.8 Å². The molecule has 8 heteroatoms. The lowest BCUT2D eigenvalue weighted by molar-refractivity contribution is -0.151. The van der Waals surface area contributed by atoms with Crippen LogP contribution in [0.3, 0.4) is 0 Å². The van der Waals surface area contributed by atoms with Gasteiger partial charge in [-0.05, 0) is 31.7 Å². The van der Waals surface area contributed by atoms with Crippen molar-refractivity contribution in [3.8, 4) is 11.5 Å². The van der Waals surface area contributed by atoms with Crippen molar-refractivity contribution < 1.29 is 33.3 Å². The van der Waals surface area contributed by atoms with Gasteiger partial charge in [0.2, 0.25) is 0 Å². The van der Waals surface area contributed by atoms with Gasteiger partial charge in [-0.2, -0.15) is 0 Å². The molecule has 1 aliphatic carbocycles. The number of allylic oxidation sites excluding steroid dienone is 3. The number of Topliss-reactive ketones (excluding diaryl/α,β-unsaturated/α-hetero) is 1. The number of methoxy groups -OCH3 is 3. The van der Waals surface area contributed by atoms with E-state index < -0.39 is 23.8 Å². The van der Waals surface area contributed by atoms with Crippen molar-refractivity contribution in [2.45, 2.75) is 39.5 Å². The van der Waals surface area contributed by atoms with E-state index >= 15 is 0 Å². The first kappa shape index (κ1) is 24.4. The van der Waals surface area contributed by atoms with Gasteiger partial charge in [-0.15, -0.1) is 0 Å². The molecule has 0 saturated carbocycles. The molecule has 0 fully saturated rings. The first-order valence-corrected chi connectivity index (χ1v) is 11.0. The molecule has 33 heavy (non-hydrogen) atoms. The Morgan fingerprint density at radius 1 is 1.15 bits per heavy atom. The van der Waals surface area contributed by atoms with Crippen LogP contribution >= 0.6 is 0 Å². The highest BCUT2D eigenvalue weighted by molar-refractivity contribution is 6.12. The molecule has 8 nitrogen and oxygen atoms in total. The maximum Gasteiger partial charge on any atom is 0.336 e. The van der Waals surface area contributed by atoms with E-state index in [2.05, 4.69) is 5.32 Å². The van der Waals surface area contributed by atoms with Crippen LogP contribution < -0.4 is 14.8 Å². The van der Waals surface area contributed by atoms with Crippen LogP contribution in [0.15, 0.2) is 40.7 Å². The predicted molar refractivity (Wildman–Crippen MR) is 121 cm³/mol. The number of rotatable bonds is 7. The monoisotopic (exact) mass is 457 g/mol. The lowest BCUT2D eigenvalue weighted by Gasteiger charge is -2.38. The molecule has 0 spiro atoms. The number of ketones is 1. The summed E-state index contributed by atoms with van der Waals surface area (Å²) in [6, 6.07) is 5.31. The summed E-state index contributed by atoms with van der Waals surface area (Å²) >= 11 is 0. The van der Waals surface area contributed by atoms with E-state index in [-0.39, 0.29) is 18.3 Å². The molecular formula is C25H31NO7. The minimum absolute atomic E-state index is 0.249. The van der Waals surface area contributed by atoms with E-state index in [9.17, 15) is 14.4 Å². The van der Waals surface area contributed by atoms with E-state index in [0.717, 1.165) is 0 Å². The summed E-state index contributed by atoms with van der Waals surface area (Å²) < 4.78 is 21.5. The Kier molecular flexibility index (Phi) is 7.46. The van der Waals surface area contributed by atoms with Gasteiger partial charge in [-0.1, -0.05) is 26.0 Å². The summed E-state index contributed by atoms with van der Waals surface area (Å²) in [6.45, 7) is 5.78. The molecule has 178 valence electrons. The Balaban J connectivity index is 2.26. The average molecular weight is 458 g/mol. The zero-order chi connectivity index (χ0) is 24.3. The molecule has 1 aromatic rings. The number of benzene rings is 1. The highest BCUT2D eigenvalue weighted by atomic mass is 16.5. The van der Waals surface area contributed by atoms with Crippen LogP contribution in [0, 0.1) is 11.8 Å². The summed E-state index contributed by atoms with van der Waals surface area (Å²) in [6.07, 6.45) is 1.12. The van der Waals surface area contributed by atoms with Crippen molar-refractivity contribution in [1.29, 1.82) is 0 Å². The summed E-state index contributed by atoms with van der Waals surface area (Å²) in [5.74, 6) is -2.61. The highest BCUT2D eigenvalue weighted by Gasteiger charge is 2.48. The highest BCUT2D eigenvalue weighted by Crippen LogP contribution is 2.49. The molecule has 3 unspecified atom stereocenters. The van der Waals surface area contributed by atoms with Gasteiger partial charge in [-0.3, -0.25) is 9.59 Å². The molecule has 0 saturated heterocycles. The predicted octanol–water partition coefficient (Wildman–Crippen LogP) is 3.27. The Morgan fingerprint density at radius 3 is 2.48 bits per heavy atom. The topological polar surface area (TPSA) is 100 Å². The molecule has 2 aliphatic rings. The second kappa shape index (κ2) is 10.1. The Bertz CT molecular complexity index is 1020. The van der Waals surface area contributed by atoms with E-state index in [4.69, 9.17) is 18.9 Å². The molecule has 1 heterocycles. The maximum atomic E-state index is 13.8. The first-order valence-electron chi connectivity index (χ1n) is 11.0. The van der Waals surface area contributed by atoms with E-state index in [0.29, 0.717) is 52.4 Å². The van der Waals surface area contributed by atoms with Gasteiger partial charge < -0.3 is 24.3 Å². The smallest absolute Gasteiger partial charge is 0.336 e. The molecule has 0 bridgehead atoms. The molecule has 1 aromatic carbocycles. The fourth-order valence-corrected chi connectivity index (χ4v) is 4.67. The van der Waals surface area contributed by atoms with E-state index in [1.807, 2.05) is 13.8 Å². The Morgan fingerprint density at radius 2 is 1.88 bits per heavy atom. The molecule has 0 radical (unpaired) electrons. The van der Waals surface area contributed by atoms with E-state index in [1.165, 1.54) is 21.3 Å². The zero-order valence-electron chi connectivity index (χ0n) is 19.9. The van der Waals surface area contributed by atoms with Gasteiger partial charge in [-0.25, -0.2) is 4.79 Å². The Hall–Kier alpha value is -3.29. The normalized spacial score (nSPS) is 22.4. The second-order valence-corrected chi connectivity index (χ2v) is 8.25. The van der Waals surface area contributed by atoms with Gasteiger partial charge in [0.05, 0.1) is 39.4 Å². The number of carbonyl (C=O) groups excluding carboxylic acids is 3. The third-order valence-electron chi connectivity index (χ3n) is 6.14. The van der Waals surface area contributed by atoms with Crippen molar-refractivity contribution in [2.75, 3.05) is 27.9 Å². The minimum atomic E-state index is -0.957. The number of ether oxygens (including phenoxy) is 4. The van der Waals surface area contributed by atoms with E-state index in [1.54, 1.807) is 25.1 Å². The SMILES string of the molecule is CCCOC(=O)C1=C(C)NC2=C(C(=O)C(C(=O)OC)C(C)C2)C1c1cccc(OC)c1OC. The van der Waals surface area contributed by atoms with Crippen LogP contribution in [-0.4, -0.2) is 45.7 Å². The number of carbonyl (C=O) groups is 3. The van der Waals surface area contributed by atoms with Crippen LogP contribution in [0.5, 0.6) is 11.5 Å². The fraction of sp³-hybridized carbons (Fsp3) is 0.480. The lowest BCUT2D eigenvalue weighted by Crippen LogP contribution is -2.43. The number of nitrogens with one attached hydrogen (secondary N) is 1. The summed E-state index contributed by atoms with van der Waals surface area (Å²) in [7, 11) is 4.30. The maximum absolute atomic E-state index is 13.8. The van der Waals surface area contributed by atoms with Crippen molar-refractivity contribution in [3.63, 3.8) is 0 Å². The largest absolute Gasteiger partial charge is 0.493 e. The van der Waals surface area contributed by atoms with Crippen LogP contribution in [0.25, 0.3) is 0 Å². The van der Waals surface area contributed by atoms with Gasteiger partial charge in [0.1, 0.15) is 5.92 Å².